The Hall–Kier alpha value is -2.21. The van der Waals surface area contributed by atoms with Crippen LogP contribution in [-0.4, -0.2) is 26.9 Å². The summed E-state index contributed by atoms with van der Waals surface area (Å²) in [5.74, 6) is 0.229. The van der Waals surface area contributed by atoms with E-state index in [0.29, 0.717) is 18.0 Å². The molecule has 0 saturated carbocycles. The van der Waals surface area contributed by atoms with Crippen molar-refractivity contribution in [1.82, 2.24) is 15.0 Å². The predicted octanol–water partition coefficient (Wildman–Crippen LogP) is 1.58. The molecule has 1 amide bonds. The minimum atomic E-state index is -0.484. The van der Waals surface area contributed by atoms with Crippen molar-refractivity contribution >= 4 is 11.6 Å². The van der Waals surface area contributed by atoms with Crippen molar-refractivity contribution in [3.63, 3.8) is 0 Å². The monoisotopic (exact) mass is 273 g/mol. The van der Waals surface area contributed by atoms with Gasteiger partial charge in [0, 0.05) is 5.69 Å². The number of nitrogens with one attached hydrogen (secondary N) is 1. The number of hydrogen-bond acceptors (Lipinski definition) is 4. The maximum atomic E-state index is 11.9. The number of nitrogens with zero attached hydrogens (tertiary/aromatic N) is 3. The van der Waals surface area contributed by atoms with Gasteiger partial charge in [-0.1, -0.05) is 13.8 Å². The Kier molecular flexibility index (Phi) is 4.47. The molecule has 1 heterocycles. The van der Waals surface area contributed by atoms with Gasteiger partial charge in [0.15, 0.2) is 0 Å². The average molecular weight is 273 g/mol. The van der Waals surface area contributed by atoms with Crippen molar-refractivity contribution in [3.05, 3.63) is 36.7 Å². The molecular weight excluding hydrogens is 254 g/mol. The van der Waals surface area contributed by atoms with Gasteiger partial charge in [0.05, 0.1) is 24.1 Å². The summed E-state index contributed by atoms with van der Waals surface area (Å²) in [6, 6.07) is 6.80. The van der Waals surface area contributed by atoms with Gasteiger partial charge in [0.1, 0.15) is 0 Å². The molecule has 1 unspecified atom stereocenters. The van der Waals surface area contributed by atoms with Crippen molar-refractivity contribution in [1.29, 1.82) is 0 Å². The number of carbonyl (C=O) groups is 1. The highest BCUT2D eigenvalue weighted by Gasteiger charge is 2.14. The van der Waals surface area contributed by atoms with Crippen LogP contribution < -0.4 is 11.1 Å². The van der Waals surface area contributed by atoms with E-state index in [1.165, 1.54) is 4.80 Å². The fraction of sp³-hybridized carbons (Fsp3) is 0.357. The normalized spacial score (nSPS) is 12.4. The van der Waals surface area contributed by atoms with Crippen molar-refractivity contribution in [2.45, 2.75) is 26.3 Å². The molecule has 1 aromatic heterocycles. The zero-order valence-corrected chi connectivity index (χ0v) is 11.7. The molecule has 0 aliphatic rings. The molecule has 20 heavy (non-hydrogen) atoms. The highest BCUT2D eigenvalue weighted by molar-refractivity contribution is 5.94. The first-order valence-corrected chi connectivity index (χ1v) is 6.59. The Morgan fingerprint density at radius 3 is 2.40 bits per heavy atom. The molecule has 1 aromatic carbocycles. The van der Waals surface area contributed by atoms with E-state index in [0.717, 1.165) is 5.69 Å². The second kappa shape index (κ2) is 6.29. The van der Waals surface area contributed by atoms with Crippen LogP contribution in [0.3, 0.4) is 0 Å². The van der Waals surface area contributed by atoms with Crippen LogP contribution in [0.15, 0.2) is 36.7 Å². The molecule has 0 saturated heterocycles. The lowest BCUT2D eigenvalue weighted by Crippen LogP contribution is -2.36. The van der Waals surface area contributed by atoms with E-state index in [1.54, 1.807) is 24.5 Å². The summed E-state index contributed by atoms with van der Waals surface area (Å²) in [5.41, 5.74) is 7.38. The summed E-state index contributed by atoms with van der Waals surface area (Å²) in [6.07, 6.45) is 3.89. The Labute approximate surface area is 118 Å². The average Bonchev–Trinajstić information content (AvgIpc) is 2.92. The van der Waals surface area contributed by atoms with Gasteiger partial charge in [-0.05, 0) is 36.6 Å². The van der Waals surface area contributed by atoms with Crippen LogP contribution >= 0.6 is 0 Å². The van der Waals surface area contributed by atoms with E-state index in [2.05, 4.69) is 15.5 Å². The van der Waals surface area contributed by atoms with Crippen molar-refractivity contribution < 1.29 is 4.79 Å². The third kappa shape index (κ3) is 3.64. The van der Waals surface area contributed by atoms with E-state index in [-0.39, 0.29) is 5.91 Å². The molecule has 0 aliphatic carbocycles. The largest absolute Gasteiger partial charge is 0.325 e. The van der Waals surface area contributed by atoms with Gasteiger partial charge in [-0.15, -0.1) is 0 Å². The molecule has 2 rings (SSSR count). The van der Waals surface area contributed by atoms with Crippen LogP contribution in [0, 0.1) is 5.92 Å². The quantitative estimate of drug-likeness (QED) is 0.866. The van der Waals surface area contributed by atoms with Crippen LogP contribution in [-0.2, 0) is 4.79 Å². The predicted molar refractivity (Wildman–Crippen MR) is 77.4 cm³/mol. The molecule has 106 valence electrons. The lowest BCUT2D eigenvalue weighted by molar-refractivity contribution is -0.117. The molecular formula is C14H19N5O. The first-order chi connectivity index (χ1) is 9.56. The molecule has 2 aromatic rings. The molecule has 0 spiro atoms. The van der Waals surface area contributed by atoms with E-state index in [9.17, 15) is 4.79 Å². The second-order valence-corrected chi connectivity index (χ2v) is 5.09. The topological polar surface area (TPSA) is 85.8 Å². The number of rotatable bonds is 5. The number of carbonyl (C=O) groups excluding carboxylic acids is 1. The lowest BCUT2D eigenvalue weighted by atomic mass is 10.0. The van der Waals surface area contributed by atoms with Gasteiger partial charge in [0.2, 0.25) is 5.91 Å². The van der Waals surface area contributed by atoms with Crippen LogP contribution in [0.25, 0.3) is 5.69 Å². The summed E-state index contributed by atoms with van der Waals surface area (Å²) in [7, 11) is 0. The van der Waals surface area contributed by atoms with E-state index >= 15 is 0 Å². The summed E-state index contributed by atoms with van der Waals surface area (Å²) >= 11 is 0. The molecule has 0 radical (unpaired) electrons. The number of anilines is 1. The smallest absolute Gasteiger partial charge is 0.241 e. The molecule has 0 aliphatic heterocycles. The number of aromatic nitrogens is 3. The maximum Gasteiger partial charge on any atom is 0.241 e. The van der Waals surface area contributed by atoms with Gasteiger partial charge in [-0.25, -0.2) is 0 Å². The summed E-state index contributed by atoms with van der Waals surface area (Å²) in [6.45, 7) is 4.08. The van der Waals surface area contributed by atoms with Gasteiger partial charge in [-0.2, -0.15) is 15.0 Å². The van der Waals surface area contributed by atoms with E-state index < -0.39 is 6.04 Å². The zero-order chi connectivity index (χ0) is 14.5. The van der Waals surface area contributed by atoms with Crippen molar-refractivity contribution in [3.8, 4) is 5.69 Å². The number of amides is 1. The SMILES string of the molecule is CC(C)CC(N)C(=O)Nc1ccc(-n2nccn2)cc1. The molecule has 0 bridgehead atoms. The van der Waals surface area contributed by atoms with Crippen LogP contribution in [0.4, 0.5) is 5.69 Å². The van der Waals surface area contributed by atoms with Gasteiger partial charge in [0.25, 0.3) is 0 Å². The first-order valence-electron chi connectivity index (χ1n) is 6.59. The highest BCUT2D eigenvalue weighted by Crippen LogP contribution is 2.13. The third-order valence-electron chi connectivity index (χ3n) is 2.85. The molecule has 3 N–H and O–H groups in total. The van der Waals surface area contributed by atoms with Crippen molar-refractivity contribution in [2.75, 3.05) is 5.32 Å². The first kappa shape index (κ1) is 14.2. The molecule has 6 nitrogen and oxygen atoms in total. The van der Waals surface area contributed by atoms with E-state index in [4.69, 9.17) is 5.73 Å². The van der Waals surface area contributed by atoms with Gasteiger partial charge >= 0.3 is 0 Å². The number of nitrogens with two attached hydrogens (primary N) is 1. The molecule has 1 atom stereocenters. The van der Waals surface area contributed by atoms with Crippen LogP contribution in [0.5, 0.6) is 0 Å². The van der Waals surface area contributed by atoms with Gasteiger partial charge < -0.3 is 11.1 Å². The highest BCUT2D eigenvalue weighted by atomic mass is 16.2. The Morgan fingerprint density at radius 1 is 1.25 bits per heavy atom. The minimum absolute atomic E-state index is 0.163. The fourth-order valence-electron chi connectivity index (χ4n) is 1.88. The molecule has 0 fully saturated rings. The van der Waals surface area contributed by atoms with E-state index in [1.807, 2.05) is 26.0 Å². The molecule has 6 heteroatoms. The van der Waals surface area contributed by atoms with Crippen molar-refractivity contribution in [2.24, 2.45) is 11.7 Å². The maximum absolute atomic E-state index is 11.9. The van der Waals surface area contributed by atoms with Gasteiger partial charge in [-0.3, -0.25) is 4.79 Å². The zero-order valence-electron chi connectivity index (χ0n) is 11.7. The summed E-state index contributed by atoms with van der Waals surface area (Å²) in [4.78, 5) is 13.4. The number of benzene rings is 1. The minimum Gasteiger partial charge on any atom is -0.325 e. The lowest BCUT2D eigenvalue weighted by Gasteiger charge is -2.14. The Morgan fingerprint density at radius 2 is 1.85 bits per heavy atom. The summed E-state index contributed by atoms with van der Waals surface area (Å²) < 4.78 is 0. The summed E-state index contributed by atoms with van der Waals surface area (Å²) in [5, 5.41) is 10.9. The Bertz CT molecular complexity index is 547. The van der Waals surface area contributed by atoms with Crippen LogP contribution in [0.2, 0.25) is 0 Å². The van der Waals surface area contributed by atoms with Crippen LogP contribution in [0.1, 0.15) is 20.3 Å². The second-order valence-electron chi connectivity index (χ2n) is 5.09. The standard InChI is InChI=1S/C14H19N5O/c1-10(2)9-13(15)14(20)18-11-3-5-12(6-4-11)19-16-7-8-17-19/h3-8,10,13H,9,15H2,1-2H3,(H,18,20). The third-order valence-corrected chi connectivity index (χ3v) is 2.85. The fourth-order valence-corrected chi connectivity index (χ4v) is 1.88. The Balaban J connectivity index is 1.99. The number of hydrogen-bond donors (Lipinski definition) is 2.